The molecular weight excluding hydrogens is 192 g/mol. The first-order valence-corrected chi connectivity index (χ1v) is 5.12. The van der Waals surface area contributed by atoms with Gasteiger partial charge in [0.2, 0.25) is 5.91 Å². The summed E-state index contributed by atoms with van der Waals surface area (Å²) >= 11 is 0. The Morgan fingerprint density at radius 2 is 2.20 bits per heavy atom. The lowest BCUT2D eigenvalue weighted by molar-refractivity contribution is -0.120. The first-order valence-electron chi connectivity index (χ1n) is 5.12. The minimum absolute atomic E-state index is 0.0816. The standard InChI is InChI=1S/C11H18N2O2/c1-7(2)9(6-12)11(14)13-10-5-4-8(3)15-10/h4-5,7,9H,6,12H2,1-3H3,(H,13,14). The van der Waals surface area contributed by atoms with Gasteiger partial charge in [-0.2, -0.15) is 0 Å². The van der Waals surface area contributed by atoms with E-state index in [2.05, 4.69) is 5.32 Å². The maximum absolute atomic E-state index is 11.7. The van der Waals surface area contributed by atoms with Crippen LogP contribution in [0.15, 0.2) is 16.5 Å². The van der Waals surface area contributed by atoms with Gasteiger partial charge in [-0.3, -0.25) is 10.1 Å². The lowest BCUT2D eigenvalue weighted by Gasteiger charge is -2.16. The largest absolute Gasteiger partial charge is 0.446 e. The minimum atomic E-state index is -0.171. The predicted molar refractivity (Wildman–Crippen MR) is 59.5 cm³/mol. The summed E-state index contributed by atoms with van der Waals surface area (Å²) in [6, 6.07) is 3.55. The van der Waals surface area contributed by atoms with Gasteiger partial charge in [0.05, 0.1) is 5.92 Å². The molecule has 1 aromatic heterocycles. The maximum atomic E-state index is 11.7. The molecule has 1 heterocycles. The third-order valence-corrected chi connectivity index (χ3v) is 2.38. The molecule has 0 aliphatic heterocycles. The molecule has 15 heavy (non-hydrogen) atoms. The number of aryl methyl sites for hydroxylation is 1. The third kappa shape index (κ3) is 3.09. The molecule has 0 fully saturated rings. The van der Waals surface area contributed by atoms with Crippen LogP contribution in [0.2, 0.25) is 0 Å². The van der Waals surface area contributed by atoms with Crippen LogP contribution in [0.4, 0.5) is 5.88 Å². The SMILES string of the molecule is Cc1ccc(NC(=O)C(CN)C(C)C)o1. The quantitative estimate of drug-likeness (QED) is 0.795. The van der Waals surface area contributed by atoms with Crippen molar-refractivity contribution in [1.29, 1.82) is 0 Å². The topological polar surface area (TPSA) is 68.3 Å². The van der Waals surface area contributed by atoms with E-state index in [1.807, 2.05) is 26.8 Å². The lowest BCUT2D eigenvalue weighted by atomic mass is 9.95. The summed E-state index contributed by atoms with van der Waals surface area (Å²) in [5, 5.41) is 2.71. The monoisotopic (exact) mass is 210 g/mol. The van der Waals surface area contributed by atoms with Crippen molar-refractivity contribution in [1.82, 2.24) is 0 Å². The number of carbonyl (C=O) groups is 1. The number of rotatable bonds is 4. The number of nitrogens with one attached hydrogen (secondary N) is 1. The van der Waals surface area contributed by atoms with E-state index in [4.69, 9.17) is 10.2 Å². The molecule has 4 heteroatoms. The van der Waals surface area contributed by atoms with Crippen molar-refractivity contribution in [2.75, 3.05) is 11.9 Å². The highest BCUT2D eigenvalue weighted by Crippen LogP contribution is 2.16. The first kappa shape index (κ1) is 11.8. The molecule has 0 bridgehead atoms. The number of anilines is 1. The smallest absolute Gasteiger partial charge is 0.231 e. The van der Waals surface area contributed by atoms with Crippen molar-refractivity contribution in [3.8, 4) is 0 Å². The Kier molecular flexibility index (Phi) is 3.91. The van der Waals surface area contributed by atoms with E-state index in [-0.39, 0.29) is 17.7 Å². The average molecular weight is 210 g/mol. The van der Waals surface area contributed by atoms with Crippen LogP contribution in [-0.2, 0) is 4.79 Å². The second-order valence-electron chi connectivity index (χ2n) is 3.99. The Hall–Kier alpha value is -1.29. The van der Waals surface area contributed by atoms with Crippen LogP contribution >= 0.6 is 0 Å². The molecule has 1 amide bonds. The molecule has 1 atom stereocenters. The zero-order chi connectivity index (χ0) is 11.4. The van der Waals surface area contributed by atoms with Gasteiger partial charge in [0, 0.05) is 12.6 Å². The summed E-state index contributed by atoms with van der Waals surface area (Å²) in [6.07, 6.45) is 0. The van der Waals surface area contributed by atoms with Crippen molar-refractivity contribution < 1.29 is 9.21 Å². The summed E-state index contributed by atoms with van der Waals surface area (Å²) in [4.78, 5) is 11.7. The molecule has 84 valence electrons. The van der Waals surface area contributed by atoms with E-state index in [0.717, 1.165) is 5.76 Å². The summed E-state index contributed by atoms with van der Waals surface area (Å²) in [5.41, 5.74) is 5.54. The van der Waals surface area contributed by atoms with Gasteiger partial charge in [-0.05, 0) is 18.9 Å². The molecule has 1 aromatic rings. The Balaban J connectivity index is 2.62. The summed E-state index contributed by atoms with van der Waals surface area (Å²) in [5.74, 6) is 1.24. The molecule has 3 N–H and O–H groups in total. The summed E-state index contributed by atoms with van der Waals surface area (Å²) < 4.78 is 5.26. The van der Waals surface area contributed by atoms with Crippen LogP contribution in [0.25, 0.3) is 0 Å². The molecule has 0 saturated carbocycles. The van der Waals surface area contributed by atoms with Crippen molar-refractivity contribution in [3.63, 3.8) is 0 Å². The lowest BCUT2D eigenvalue weighted by Crippen LogP contribution is -2.32. The fourth-order valence-electron chi connectivity index (χ4n) is 1.40. The van der Waals surface area contributed by atoms with Crippen LogP contribution in [0.5, 0.6) is 0 Å². The van der Waals surface area contributed by atoms with Crippen LogP contribution < -0.4 is 11.1 Å². The Morgan fingerprint density at radius 3 is 2.60 bits per heavy atom. The highest BCUT2D eigenvalue weighted by atomic mass is 16.4. The number of carbonyl (C=O) groups excluding carboxylic acids is 1. The number of furan rings is 1. The molecule has 0 saturated heterocycles. The second-order valence-corrected chi connectivity index (χ2v) is 3.99. The fourth-order valence-corrected chi connectivity index (χ4v) is 1.40. The zero-order valence-corrected chi connectivity index (χ0v) is 9.41. The molecule has 0 spiro atoms. The zero-order valence-electron chi connectivity index (χ0n) is 9.41. The molecule has 1 unspecified atom stereocenters. The van der Waals surface area contributed by atoms with Crippen molar-refractivity contribution >= 4 is 11.8 Å². The van der Waals surface area contributed by atoms with E-state index in [1.54, 1.807) is 6.07 Å². The Labute approximate surface area is 89.8 Å². The van der Waals surface area contributed by atoms with Crippen molar-refractivity contribution in [2.45, 2.75) is 20.8 Å². The van der Waals surface area contributed by atoms with Crippen LogP contribution in [0.1, 0.15) is 19.6 Å². The van der Waals surface area contributed by atoms with Crippen molar-refractivity contribution in [2.24, 2.45) is 17.6 Å². The Morgan fingerprint density at radius 1 is 1.53 bits per heavy atom. The molecule has 0 aromatic carbocycles. The van der Waals surface area contributed by atoms with Crippen LogP contribution in [-0.4, -0.2) is 12.5 Å². The molecule has 0 aliphatic rings. The molecule has 1 rings (SSSR count). The van der Waals surface area contributed by atoms with E-state index in [0.29, 0.717) is 12.4 Å². The van der Waals surface area contributed by atoms with Gasteiger partial charge in [-0.15, -0.1) is 0 Å². The summed E-state index contributed by atoms with van der Waals surface area (Å²) in [6.45, 7) is 6.14. The first-order chi connectivity index (χ1) is 7.04. The third-order valence-electron chi connectivity index (χ3n) is 2.38. The van der Waals surface area contributed by atoms with Crippen molar-refractivity contribution in [3.05, 3.63) is 17.9 Å². The number of hydrogen-bond acceptors (Lipinski definition) is 3. The highest BCUT2D eigenvalue weighted by Gasteiger charge is 2.21. The second kappa shape index (κ2) is 4.98. The normalized spacial score (nSPS) is 12.9. The average Bonchev–Trinajstić information content (AvgIpc) is 2.51. The van der Waals surface area contributed by atoms with Crippen LogP contribution in [0, 0.1) is 18.8 Å². The predicted octanol–water partition coefficient (Wildman–Crippen LogP) is 1.76. The van der Waals surface area contributed by atoms with E-state index < -0.39 is 0 Å². The number of amides is 1. The van der Waals surface area contributed by atoms with Crippen LogP contribution in [0.3, 0.4) is 0 Å². The highest BCUT2D eigenvalue weighted by molar-refractivity contribution is 5.91. The van der Waals surface area contributed by atoms with Gasteiger partial charge < -0.3 is 10.2 Å². The summed E-state index contributed by atoms with van der Waals surface area (Å²) in [7, 11) is 0. The molecule has 0 radical (unpaired) electrons. The Bertz CT molecular complexity index is 331. The number of nitrogens with two attached hydrogens (primary N) is 1. The minimum Gasteiger partial charge on any atom is -0.446 e. The van der Waals surface area contributed by atoms with Gasteiger partial charge >= 0.3 is 0 Å². The van der Waals surface area contributed by atoms with E-state index in [9.17, 15) is 4.79 Å². The van der Waals surface area contributed by atoms with Gasteiger partial charge in [-0.1, -0.05) is 13.8 Å². The van der Waals surface area contributed by atoms with E-state index in [1.165, 1.54) is 0 Å². The molecule has 4 nitrogen and oxygen atoms in total. The molecule has 0 aliphatic carbocycles. The molecular formula is C11H18N2O2. The maximum Gasteiger partial charge on any atom is 0.231 e. The van der Waals surface area contributed by atoms with Gasteiger partial charge in [0.25, 0.3) is 0 Å². The van der Waals surface area contributed by atoms with Gasteiger partial charge in [0.1, 0.15) is 5.76 Å². The van der Waals surface area contributed by atoms with Gasteiger partial charge in [0.15, 0.2) is 5.88 Å². The fraction of sp³-hybridized carbons (Fsp3) is 0.545. The van der Waals surface area contributed by atoms with Gasteiger partial charge in [-0.25, -0.2) is 0 Å². The number of hydrogen-bond donors (Lipinski definition) is 2. The van der Waals surface area contributed by atoms with E-state index >= 15 is 0 Å².